The predicted molar refractivity (Wildman–Crippen MR) is 79.7 cm³/mol. The van der Waals surface area contributed by atoms with Gasteiger partial charge in [0.1, 0.15) is 6.61 Å². The van der Waals surface area contributed by atoms with Crippen molar-refractivity contribution in [1.29, 1.82) is 0 Å². The van der Waals surface area contributed by atoms with E-state index in [9.17, 15) is 5.11 Å². The molecule has 1 aliphatic carbocycles. The van der Waals surface area contributed by atoms with Crippen molar-refractivity contribution in [2.24, 2.45) is 0 Å². The van der Waals surface area contributed by atoms with Crippen molar-refractivity contribution in [3.05, 3.63) is 41.2 Å². The van der Waals surface area contributed by atoms with Crippen LogP contribution < -0.4 is 0 Å². The molecule has 1 aliphatic rings. The van der Waals surface area contributed by atoms with Crippen LogP contribution in [0, 0.1) is 6.92 Å². The molecular formula is C15H19N3OS. The summed E-state index contributed by atoms with van der Waals surface area (Å²) < 4.78 is 2.11. The van der Waals surface area contributed by atoms with Crippen LogP contribution in [0.15, 0.2) is 29.4 Å². The van der Waals surface area contributed by atoms with Crippen molar-refractivity contribution in [1.82, 2.24) is 14.8 Å². The first kappa shape index (κ1) is 13.6. The number of aromatic nitrogens is 3. The summed E-state index contributed by atoms with van der Waals surface area (Å²) in [4.78, 5) is 0. The highest BCUT2D eigenvalue weighted by Crippen LogP contribution is 2.42. The number of aliphatic hydroxyl groups is 1. The number of hydrogen-bond acceptors (Lipinski definition) is 4. The van der Waals surface area contributed by atoms with Crippen LogP contribution in [0.4, 0.5) is 0 Å². The van der Waals surface area contributed by atoms with Crippen LogP contribution in [0.25, 0.3) is 0 Å². The Morgan fingerprint density at radius 2 is 2.10 bits per heavy atom. The molecule has 0 aliphatic heterocycles. The SMILES string of the molecule is Cc1ccccc1C(C)Sc1nnc(CO)n1C1CC1. The summed E-state index contributed by atoms with van der Waals surface area (Å²) in [5.41, 5.74) is 2.63. The van der Waals surface area contributed by atoms with Crippen molar-refractivity contribution in [3.63, 3.8) is 0 Å². The molecule has 3 rings (SSSR count). The van der Waals surface area contributed by atoms with E-state index in [4.69, 9.17) is 0 Å². The molecule has 1 N–H and O–H groups in total. The number of thioether (sulfide) groups is 1. The Morgan fingerprint density at radius 1 is 1.35 bits per heavy atom. The second kappa shape index (κ2) is 5.58. The zero-order chi connectivity index (χ0) is 14.1. The standard InChI is InChI=1S/C15H19N3OS/c1-10-5-3-4-6-13(10)11(2)20-15-17-16-14(9-19)18(15)12-7-8-12/h3-6,11-12,19H,7-9H2,1-2H3. The number of hydrogen-bond donors (Lipinski definition) is 1. The minimum Gasteiger partial charge on any atom is -0.388 e. The fourth-order valence-corrected chi connectivity index (χ4v) is 3.62. The van der Waals surface area contributed by atoms with Gasteiger partial charge in [-0.2, -0.15) is 0 Å². The molecule has 4 nitrogen and oxygen atoms in total. The highest BCUT2D eigenvalue weighted by atomic mass is 32.2. The quantitative estimate of drug-likeness (QED) is 0.858. The van der Waals surface area contributed by atoms with Gasteiger partial charge in [-0.1, -0.05) is 36.0 Å². The lowest BCUT2D eigenvalue weighted by Gasteiger charge is -2.14. The molecule has 1 fully saturated rings. The molecular weight excluding hydrogens is 270 g/mol. The topological polar surface area (TPSA) is 50.9 Å². The molecule has 2 aromatic rings. The Hall–Kier alpha value is -1.33. The molecule has 20 heavy (non-hydrogen) atoms. The number of aliphatic hydroxyl groups excluding tert-OH is 1. The maximum atomic E-state index is 9.37. The first-order chi connectivity index (χ1) is 9.70. The average molecular weight is 289 g/mol. The van der Waals surface area contributed by atoms with E-state index in [1.807, 2.05) is 0 Å². The predicted octanol–water partition coefficient (Wildman–Crippen LogP) is 3.27. The highest BCUT2D eigenvalue weighted by Gasteiger charge is 2.30. The fourth-order valence-electron chi connectivity index (χ4n) is 2.46. The van der Waals surface area contributed by atoms with Crippen molar-refractivity contribution in [3.8, 4) is 0 Å². The minimum absolute atomic E-state index is 0.0389. The number of rotatable bonds is 5. The van der Waals surface area contributed by atoms with Crippen LogP contribution in [0.1, 0.15) is 48.0 Å². The van der Waals surface area contributed by atoms with E-state index in [1.165, 1.54) is 11.1 Å². The third-order valence-electron chi connectivity index (χ3n) is 3.70. The van der Waals surface area contributed by atoms with Crippen LogP contribution >= 0.6 is 11.8 Å². The molecule has 1 aromatic carbocycles. The van der Waals surface area contributed by atoms with Crippen LogP contribution in [0.2, 0.25) is 0 Å². The number of aryl methyl sites for hydroxylation is 1. The molecule has 1 heterocycles. The summed E-state index contributed by atoms with van der Waals surface area (Å²) in [5, 5.41) is 19.0. The second-order valence-corrected chi connectivity index (χ2v) is 6.58. The van der Waals surface area contributed by atoms with E-state index in [1.54, 1.807) is 11.8 Å². The van der Waals surface area contributed by atoms with Gasteiger partial charge in [0.15, 0.2) is 11.0 Å². The first-order valence-corrected chi connectivity index (χ1v) is 7.85. The summed E-state index contributed by atoms with van der Waals surface area (Å²) in [6.07, 6.45) is 2.33. The third kappa shape index (κ3) is 2.60. The van der Waals surface area contributed by atoms with E-state index >= 15 is 0 Å². The molecule has 1 unspecified atom stereocenters. The van der Waals surface area contributed by atoms with Gasteiger partial charge in [0.2, 0.25) is 0 Å². The van der Waals surface area contributed by atoms with Gasteiger partial charge in [-0.25, -0.2) is 0 Å². The lowest BCUT2D eigenvalue weighted by Crippen LogP contribution is -2.03. The van der Waals surface area contributed by atoms with Gasteiger partial charge in [0.25, 0.3) is 0 Å². The van der Waals surface area contributed by atoms with E-state index in [0.717, 1.165) is 18.0 Å². The molecule has 0 spiro atoms. The summed E-state index contributed by atoms with van der Waals surface area (Å²) >= 11 is 1.72. The highest BCUT2D eigenvalue weighted by molar-refractivity contribution is 7.99. The molecule has 1 atom stereocenters. The summed E-state index contributed by atoms with van der Waals surface area (Å²) in [6, 6.07) is 8.92. The summed E-state index contributed by atoms with van der Waals surface area (Å²) in [5.74, 6) is 0.687. The van der Waals surface area contributed by atoms with Gasteiger partial charge in [-0.3, -0.25) is 0 Å². The second-order valence-electron chi connectivity index (χ2n) is 5.27. The smallest absolute Gasteiger partial charge is 0.192 e. The third-order valence-corrected chi connectivity index (χ3v) is 4.79. The van der Waals surface area contributed by atoms with Gasteiger partial charge in [0.05, 0.1) is 0 Å². The fraction of sp³-hybridized carbons (Fsp3) is 0.467. The largest absolute Gasteiger partial charge is 0.388 e. The van der Waals surface area contributed by atoms with Gasteiger partial charge in [-0.15, -0.1) is 10.2 Å². The maximum Gasteiger partial charge on any atom is 0.192 e. The van der Waals surface area contributed by atoms with Gasteiger partial charge in [-0.05, 0) is 37.8 Å². The number of nitrogens with zero attached hydrogens (tertiary/aromatic N) is 3. The van der Waals surface area contributed by atoms with Crippen LogP contribution in [-0.2, 0) is 6.61 Å². The van der Waals surface area contributed by atoms with Crippen molar-refractivity contribution >= 4 is 11.8 Å². The van der Waals surface area contributed by atoms with Crippen LogP contribution in [0.3, 0.4) is 0 Å². The Kier molecular flexibility index (Phi) is 3.81. The van der Waals surface area contributed by atoms with E-state index in [0.29, 0.717) is 17.1 Å². The minimum atomic E-state index is -0.0389. The Labute approximate surface area is 123 Å². The van der Waals surface area contributed by atoms with Crippen molar-refractivity contribution < 1.29 is 5.11 Å². The van der Waals surface area contributed by atoms with Crippen LogP contribution in [-0.4, -0.2) is 19.9 Å². The molecule has 5 heteroatoms. The van der Waals surface area contributed by atoms with Crippen LogP contribution in [0.5, 0.6) is 0 Å². The summed E-state index contributed by atoms with van der Waals surface area (Å²) in [6.45, 7) is 4.29. The Morgan fingerprint density at radius 3 is 2.75 bits per heavy atom. The molecule has 0 radical (unpaired) electrons. The molecule has 0 bridgehead atoms. The lowest BCUT2D eigenvalue weighted by atomic mass is 10.1. The first-order valence-electron chi connectivity index (χ1n) is 6.97. The van der Waals surface area contributed by atoms with Crippen molar-refractivity contribution in [2.45, 2.75) is 49.7 Å². The zero-order valence-corrected chi connectivity index (χ0v) is 12.6. The molecule has 1 saturated carbocycles. The average Bonchev–Trinajstić information content (AvgIpc) is 3.21. The normalized spacial score (nSPS) is 16.4. The monoisotopic (exact) mass is 289 g/mol. The van der Waals surface area contributed by atoms with Crippen molar-refractivity contribution in [2.75, 3.05) is 0 Å². The molecule has 106 valence electrons. The Balaban J connectivity index is 1.84. The molecule has 0 saturated heterocycles. The van der Waals surface area contributed by atoms with E-state index in [-0.39, 0.29) is 6.61 Å². The maximum absolute atomic E-state index is 9.37. The Bertz CT molecular complexity index is 607. The molecule has 1 aromatic heterocycles. The van der Waals surface area contributed by atoms with Gasteiger partial charge >= 0.3 is 0 Å². The molecule has 0 amide bonds. The van der Waals surface area contributed by atoms with E-state index in [2.05, 4.69) is 52.9 Å². The summed E-state index contributed by atoms with van der Waals surface area (Å²) in [7, 11) is 0. The lowest BCUT2D eigenvalue weighted by molar-refractivity contribution is 0.263. The van der Waals surface area contributed by atoms with Gasteiger partial charge < -0.3 is 9.67 Å². The van der Waals surface area contributed by atoms with E-state index < -0.39 is 0 Å². The zero-order valence-electron chi connectivity index (χ0n) is 11.8. The van der Waals surface area contributed by atoms with Gasteiger partial charge in [0, 0.05) is 11.3 Å². The number of benzene rings is 1.